The van der Waals surface area contributed by atoms with Gasteiger partial charge < -0.3 is 20.1 Å². The summed E-state index contributed by atoms with van der Waals surface area (Å²) in [5.74, 6) is -0.595. The van der Waals surface area contributed by atoms with Crippen LogP contribution in [0, 0.1) is 0 Å². The molecule has 0 saturated heterocycles. The molecule has 4 rings (SSSR count). The molecule has 0 unspecified atom stereocenters. The van der Waals surface area contributed by atoms with Crippen LogP contribution >= 0.6 is 0 Å². The second-order valence-electron chi connectivity index (χ2n) is 6.02. The fourth-order valence-corrected chi connectivity index (χ4v) is 3.27. The predicted molar refractivity (Wildman–Crippen MR) is 91.2 cm³/mol. The molecular formula is C19H18N2O3. The van der Waals surface area contributed by atoms with Gasteiger partial charge in [0.2, 0.25) is 0 Å². The molecule has 2 aromatic carbocycles. The van der Waals surface area contributed by atoms with Gasteiger partial charge in [-0.2, -0.15) is 0 Å². The zero-order chi connectivity index (χ0) is 16.5. The van der Waals surface area contributed by atoms with E-state index in [0.717, 1.165) is 33.5 Å². The molecule has 0 amide bonds. The van der Waals surface area contributed by atoms with Crippen LogP contribution in [0.25, 0.3) is 10.9 Å². The van der Waals surface area contributed by atoms with Gasteiger partial charge in [0.25, 0.3) is 0 Å². The topological polar surface area (TPSA) is 74.4 Å². The maximum absolute atomic E-state index is 11.6. The summed E-state index contributed by atoms with van der Waals surface area (Å²) in [6, 6.07) is 15.8. The molecular weight excluding hydrogens is 304 g/mol. The van der Waals surface area contributed by atoms with E-state index < -0.39 is 11.9 Å². The Morgan fingerprint density at radius 1 is 1.21 bits per heavy atom. The van der Waals surface area contributed by atoms with Crippen molar-refractivity contribution in [3.05, 3.63) is 65.4 Å². The molecule has 0 bridgehead atoms. The Morgan fingerprint density at radius 2 is 2.04 bits per heavy atom. The Balaban J connectivity index is 1.67. The highest BCUT2D eigenvalue weighted by atomic mass is 16.5. The van der Waals surface area contributed by atoms with Crippen molar-refractivity contribution in [1.29, 1.82) is 0 Å². The van der Waals surface area contributed by atoms with Crippen molar-refractivity contribution in [3.8, 4) is 5.75 Å². The van der Waals surface area contributed by atoms with Crippen molar-refractivity contribution in [2.75, 3.05) is 6.54 Å². The third-order valence-corrected chi connectivity index (χ3v) is 4.44. The lowest BCUT2D eigenvalue weighted by Crippen LogP contribution is -2.32. The Labute approximate surface area is 139 Å². The van der Waals surface area contributed by atoms with Gasteiger partial charge in [0, 0.05) is 29.7 Å². The first-order valence-corrected chi connectivity index (χ1v) is 7.97. The van der Waals surface area contributed by atoms with Gasteiger partial charge >= 0.3 is 5.97 Å². The number of carboxylic acid groups (broad SMARTS) is 1. The van der Waals surface area contributed by atoms with Crippen molar-refractivity contribution >= 4 is 16.9 Å². The number of hydrogen-bond donors (Lipinski definition) is 3. The number of nitrogens with one attached hydrogen (secondary N) is 2. The minimum atomic E-state index is -0.806. The molecule has 0 fully saturated rings. The first kappa shape index (κ1) is 14.8. The molecule has 122 valence electrons. The number of carbonyl (C=O) groups is 1. The van der Waals surface area contributed by atoms with E-state index in [1.54, 1.807) is 0 Å². The molecule has 5 heteroatoms. The summed E-state index contributed by atoms with van der Waals surface area (Å²) in [5, 5.41) is 13.6. The van der Waals surface area contributed by atoms with Gasteiger partial charge in [-0.25, -0.2) is 0 Å². The van der Waals surface area contributed by atoms with Crippen LogP contribution < -0.4 is 10.1 Å². The molecule has 0 radical (unpaired) electrons. The Kier molecular flexibility index (Phi) is 3.70. The van der Waals surface area contributed by atoms with Gasteiger partial charge in [-0.05, 0) is 29.3 Å². The van der Waals surface area contributed by atoms with Crippen molar-refractivity contribution < 1.29 is 14.6 Å². The summed E-state index contributed by atoms with van der Waals surface area (Å²) in [4.78, 5) is 14.9. The van der Waals surface area contributed by atoms with Gasteiger partial charge in [0.1, 0.15) is 12.4 Å². The number of aromatic nitrogens is 1. The number of rotatable bonds is 4. The van der Waals surface area contributed by atoms with Crippen LogP contribution in [0.2, 0.25) is 0 Å². The molecule has 1 aliphatic rings. The summed E-state index contributed by atoms with van der Waals surface area (Å²) in [5.41, 5.74) is 3.87. The van der Waals surface area contributed by atoms with Crippen molar-refractivity contribution in [2.45, 2.75) is 19.1 Å². The molecule has 24 heavy (non-hydrogen) atoms. The van der Waals surface area contributed by atoms with E-state index >= 15 is 0 Å². The average Bonchev–Trinajstić information content (AvgIpc) is 2.98. The molecule has 0 saturated carbocycles. The van der Waals surface area contributed by atoms with E-state index in [9.17, 15) is 9.90 Å². The number of fused-ring (bicyclic) bond motifs is 3. The van der Waals surface area contributed by atoms with Crippen molar-refractivity contribution in [3.63, 3.8) is 0 Å². The predicted octanol–water partition coefficient (Wildman–Crippen LogP) is 3.02. The molecule has 1 aromatic heterocycles. The standard InChI is InChI=1S/C19H18N2O3/c22-19(23)15-9-20-10-17-18(15)14-8-13(6-7-16(14)21-17)24-11-12-4-2-1-3-5-12/h1-8,15,20-21H,9-11H2,(H,22,23)/t15-/m0/s1. The molecule has 1 atom stereocenters. The lowest BCUT2D eigenvalue weighted by Gasteiger charge is -2.20. The smallest absolute Gasteiger partial charge is 0.312 e. The summed E-state index contributed by atoms with van der Waals surface area (Å²) in [6.45, 7) is 1.60. The maximum atomic E-state index is 11.6. The van der Waals surface area contributed by atoms with Gasteiger partial charge in [-0.1, -0.05) is 30.3 Å². The van der Waals surface area contributed by atoms with E-state index in [1.807, 2.05) is 48.5 Å². The molecule has 1 aliphatic heterocycles. The highest BCUT2D eigenvalue weighted by Crippen LogP contribution is 2.34. The van der Waals surface area contributed by atoms with Crippen LogP contribution in [-0.4, -0.2) is 22.6 Å². The molecule has 3 aromatic rings. The van der Waals surface area contributed by atoms with Crippen molar-refractivity contribution in [1.82, 2.24) is 10.3 Å². The van der Waals surface area contributed by atoms with Gasteiger partial charge in [0.15, 0.2) is 0 Å². The molecule has 3 N–H and O–H groups in total. The third kappa shape index (κ3) is 2.63. The minimum Gasteiger partial charge on any atom is -0.489 e. The first-order chi connectivity index (χ1) is 11.7. The van der Waals surface area contributed by atoms with E-state index in [0.29, 0.717) is 19.7 Å². The summed E-state index contributed by atoms with van der Waals surface area (Å²) in [6.07, 6.45) is 0. The van der Waals surface area contributed by atoms with E-state index in [2.05, 4.69) is 10.3 Å². The van der Waals surface area contributed by atoms with Crippen LogP contribution in [0.15, 0.2) is 48.5 Å². The molecule has 5 nitrogen and oxygen atoms in total. The zero-order valence-corrected chi connectivity index (χ0v) is 13.1. The summed E-state index contributed by atoms with van der Waals surface area (Å²) >= 11 is 0. The maximum Gasteiger partial charge on any atom is 0.312 e. The first-order valence-electron chi connectivity index (χ1n) is 7.97. The largest absolute Gasteiger partial charge is 0.489 e. The quantitative estimate of drug-likeness (QED) is 0.690. The summed E-state index contributed by atoms with van der Waals surface area (Å²) < 4.78 is 5.88. The zero-order valence-electron chi connectivity index (χ0n) is 13.1. The monoisotopic (exact) mass is 322 g/mol. The van der Waals surface area contributed by atoms with Crippen molar-refractivity contribution in [2.24, 2.45) is 0 Å². The van der Waals surface area contributed by atoms with E-state index in [1.165, 1.54) is 0 Å². The minimum absolute atomic E-state index is 0.449. The summed E-state index contributed by atoms with van der Waals surface area (Å²) in [7, 11) is 0. The molecule has 0 spiro atoms. The number of ether oxygens (including phenoxy) is 1. The fourth-order valence-electron chi connectivity index (χ4n) is 3.27. The number of carboxylic acids is 1. The van der Waals surface area contributed by atoms with Crippen LogP contribution in [0.1, 0.15) is 22.7 Å². The Bertz CT molecular complexity index is 886. The van der Waals surface area contributed by atoms with Gasteiger partial charge in [-0.3, -0.25) is 4.79 Å². The normalized spacial score (nSPS) is 16.8. The van der Waals surface area contributed by atoms with E-state index in [4.69, 9.17) is 4.74 Å². The fraction of sp³-hybridized carbons (Fsp3) is 0.211. The van der Waals surface area contributed by atoms with Gasteiger partial charge in [0.05, 0.1) is 5.92 Å². The van der Waals surface area contributed by atoms with Gasteiger partial charge in [-0.15, -0.1) is 0 Å². The van der Waals surface area contributed by atoms with Crippen LogP contribution in [0.5, 0.6) is 5.75 Å². The van der Waals surface area contributed by atoms with Crippen LogP contribution in [0.3, 0.4) is 0 Å². The lowest BCUT2D eigenvalue weighted by atomic mass is 9.93. The number of benzene rings is 2. The van der Waals surface area contributed by atoms with E-state index in [-0.39, 0.29) is 0 Å². The lowest BCUT2D eigenvalue weighted by molar-refractivity contribution is -0.138. The molecule has 2 heterocycles. The highest BCUT2D eigenvalue weighted by Gasteiger charge is 2.29. The highest BCUT2D eigenvalue weighted by molar-refractivity contribution is 5.92. The number of H-pyrrole nitrogens is 1. The number of aromatic amines is 1. The molecule has 0 aliphatic carbocycles. The van der Waals surface area contributed by atoms with Crippen LogP contribution in [0.4, 0.5) is 0 Å². The second kappa shape index (κ2) is 6.02. The Hall–Kier alpha value is -2.79. The van der Waals surface area contributed by atoms with Crippen LogP contribution in [-0.2, 0) is 17.9 Å². The number of hydrogen-bond acceptors (Lipinski definition) is 3. The SMILES string of the molecule is O=C(O)[C@H]1CNCc2[nH]c3ccc(OCc4ccccc4)cc3c21. The Morgan fingerprint density at radius 3 is 2.83 bits per heavy atom. The number of aliphatic carboxylic acids is 1. The second-order valence-corrected chi connectivity index (χ2v) is 6.02. The third-order valence-electron chi connectivity index (χ3n) is 4.44. The average molecular weight is 322 g/mol.